The second-order valence-corrected chi connectivity index (χ2v) is 6.23. The predicted molar refractivity (Wildman–Crippen MR) is 73.8 cm³/mol. The van der Waals surface area contributed by atoms with Crippen molar-refractivity contribution in [2.75, 3.05) is 7.11 Å². The highest BCUT2D eigenvalue weighted by Crippen LogP contribution is 2.44. The van der Waals surface area contributed by atoms with Crippen LogP contribution in [-0.4, -0.2) is 18.3 Å². The van der Waals surface area contributed by atoms with Gasteiger partial charge < -0.3 is 9.84 Å². The first kappa shape index (κ1) is 14.3. The molecule has 2 atom stereocenters. The van der Waals surface area contributed by atoms with Crippen LogP contribution in [0, 0.1) is 17.2 Å². The molecule has 0 spiro atoms. The predicted octanol–water partition coefficient (Wildman–Crippen LogP) is 3.56. The van der Waals surface area contributed by atoms with E-state index in [9.17, 15) is 9.50 Å². The lowest BCUT2D eigenvalue weighted by atomic mass is 9.77. The first-order valence-corrected chi connectivity index (χ1v) is 6.94. The van der Waals surface area contributed by atoms with Gasteiger partial charge in [0.25, 0.3) is 0 Å². The summed E-state index contributed by atoms with van der Waals surface area (Å²) < 4.78 is 18.5. The molecular weight excluding hydrogens is 243 g/mol. The Morgan fingerprint density at radius 3 is 2.74 bits per heavy atom. The van der Waals surface area contributed by atoms with Crippen LogP contribution in [0.3, 0.4) is 0 Å². The number of rotatable bonds is 4. The van der Waals surface area contributed by atoms with E-state index in [0.717, 1.165) is 18.4 Å². The maximum absolute atomic E-state index is 13.6. The molecule has 2 unspecified atom stereocenters. The van der Waals surface area contributed by atoms with E-state index in [4.69, 9.17) is 4.74 Å². The van der Waals surface area contributed by atoms with Gasteiger partial charge in [-0.15, -0.1) is 0 Å². The van der Waals surface area contributed by atoms with E-state index in [0.29, 0.717) is 12.3 Å². The molecule has 0 aliphatic heterocycles. The van der Waals surface area contributed by atoms with Crippen molar-refractivity contribution in [3.05, 3.63) is 29.6 Å². The highest BCUT2D eigenvalue weighted by molar-refractivity contribution is 5.29. The van der Waals surface area contributed by atoms with Gasteiger partial charge >= 0.3 is 0 Å². The van der Waals surface area contributed by atoms with Gasteiger partial charge in [0.2, 0.25) is 0 Å². The van der Waals surface area contributed by atoms with E-state index < -0.39 is 6.10 Å². The lowest BCUT2D eigenvalue weighted by molar-refractivity contribution is 0.0542. The lowest BCUT2D eigenvalue weighted by Crippen LogP contribution is -2.31. The number of methoxy groups -OCH3 is 1. The second-order valence-electron chi connectivity index (χ2n) is 6.23. The van der Waals surface area contributed by atoms with Crippen LogP contribution in [0.1, 0.15) is 38.7 Å². The number of aliphatic hydroxyl groups excluding tert-OH is 1. The van der Waals surface area contributed by atoms with E-state index in [-0.39, 0.29) is 17.0 Å². The Bertz CT molecular complexity index is 442. The van der Waals surface area contributed by atoms with Gasteiger partial charge in [0.05, 0.1) is 13.2 Å². The Morgan fingerprint density at radius 2 is 2.21 bits per heavy atom. The van der Waals surface area contributed by atoms with Gasteiger partial charge in [-0.3, -0.25) is 0 Å². The highest BCUT2D eigenvalue weighted by Gasteiger charge is 2.38. The normalized spacial score (nSPS) is 23.3. The van der Waals surface area contributed by atoms with Crippen molar-refractivity contribution in [1.82, 2.24) is 0 Å². The largest absolute Gasteiger partial charge is 0.494 e. The van der Waals surface area contributed by atoms with Gasteiger partial charge in [0.15, 0.2) is 11.6 Å². The van der Waals surface area contributed by atoms with Crippen LogP contribution in [0.5, 0.6) is 5.75 Å². The first-order chi connectivity index (χ1) is 8.94. The molecule has 1 aromatic carbocycles. The van der Waals surface area contributed by atoms with E-state index in [1.165, 1.54) is 19.6 Å². The molecule has 2 nitrogen and oxygen atoms in total. The van der Waals surface area contributed by atoms with Crippen LogP contribution in [0.15, 0.2) is 18.2 Å². The van der Waals surface area contributed by atoms with Crippen LogP contribution in [0.4, 0.5) is 4.39 Å². The lowest BCUT2D eigenvalue weighted by Gasteiger charge is -2.31. The molecule has 0 heterocycles. The van der Waals surface area contributed by atoms with E-state index in [2.05, 4.69) is 13.8 Å². The van der Waals surface area contributed by atoms with Crippen LogP contribution in [-0.2, 0) is 6.42 Å². The van der Waals surface area contributed by atoms with Crippen molar-refractivity contribution in [3.63, 3.8) is 0 Å². The van der Waals surface area contributed by atoms with Crippen molar-refractivity contribution in [1.29, 1.82) is 0 Å². The molecule has 0 amide bonds. The molecule has 2 rings (SSSR count). The summed E-state index contributed by atoms with van der Waals surface area (Å²) in [5.41, 5.74) is 1.01. The first-order valence-electron chi connectivity index (χ1n) is 6.94. The zero-order valence-corrected chi connectivity index (χ0v) is 11.9. The molecule has 1 aliphatic carbocycles. The third kappa shape index (κ3) is 3.08. The molecule has 0 aromatic heterocycles. The topological polar surface area (TPSA) is 29.5 Å². The number of hydrogen-bond donors (Lipinski definition) is 1. The zero-order chi connectivity index (χ0) is 14.0. The molecule has 3 heteroatoms. The van der Waals surface area contributed by atoms with E-state index in [1.54, 1.807) is 6.07 Å². The molecule has 0 saturated heterocycles. The Balaban J connectivity index is 2.06. The Hall–Kier alpha value is -1.09. The monoisotopic (exact) mass is 266 g/mol. The molecule has 1 aromatic rings. The summed E-state index contributed by atoms with van der Waals surface area (Å²) in [6.45, 7) is 4.42. The Morgan fingerprint density at radius 1 is 1.47 bits per heavy atom. The highest BCUT2D eigenvalue weighted by atomic mass is 19.1. The van der Waals surface area contributed by atoms with Crippen molar-refractivity contribution in [3.8, 4) is 5.75 Å². The summed E-state index contributed by atoms with van der Waals surface area (Å²) in [6.07, 6.45) is 3.50. The summed E-state index contributed by atoms with van der Waals surface area (Å²) in [5, 5.41) is 10.4. The van der Waals surface area contributed by atoms with Crippen LogP contribution in [0.25, 0.3) is 0 Å². The van der Waals surface area contributed by atoms with E-state index >= 15 is 0 Å². The van der Waals surface area contributed by atoms with Crippen molar-refractivity contribution < 1.29 is 14.2 Å². The van der Waals surface area contributed by atoms with E-state index in [1.807, 2.05) is 6.07 Å². The SMILES string of the molecule is COc1ccc(CC(O)C2CCCC2(C)C)cc1F. The number of hydrogen-bond acceptors (Lipinski definition) is 2. The maximum atomic E-state index is 13.6. The molecule has 0 bridgehead atoms. The van der Waals surface area contributed by atoms with Crippen molar-refractivity contribution in [2.24, 2.45) is 11.3 Å². The number of aliphatic hydroxyl groups is 1. The quantitative estimate of drug-likeness (QED) is 0.903. The maximum Gasteiger partial charge on any atom is 0.165 e. The molecule has 1 fully saturated rings. The fourth-order valence-corrected chi connectivity index (χ4v) is 3.29. The average Bonchev–Trinajstić information content (AvgIpc) is 2.69. The van der Waals surface area contributed by atoms with Gasteiger partial charge in [-0.05, 0) is 48.3 Å². The van der Waals surface area contributed by atoms with Crippen molar-refractivity contribution in [2.45, 2.75) is 45.6 Å². The molecule has 1 saturated carbocycles. The molecular formula is C16H23FO2. The minimum absolute atomic E-state index is 0.185. The minimum atomic E-state index is -0.398. The van der Waals surface area contributed by atoms with Crippen LogP contribution >= 0.6 is 0 Å². The van der Waals surface area contributed by atoms with Crippen molar-refractivity contribution >= 4 is 0 Å². The molecule has 0 radical (unpaired) electrons. The summed E-state index contributed by atoms with van der Waals surface area (Å²) in [5.74, 6) is 0.190. The smallest absolute Gasteiger partial charge is 0.165 e. The molecule has 1 aliphatic rings. The average molecular weight is 266 g/mol. The number of benzene rings is 1. The van der Waals surface area contributed by atoms with Crippen LogP contribution in [0.2, 0.25) is 0 Å². The standard InChI is InChI=1S/C16H23FO2/c1-16(2)8-4-5-12(16)14(18)10-11-6-7-15(19-3)13(17)9-11/h6-7,9,12,14,18H,4-5,8,10H2,1-3H3. The number of halogens is 1. The number of ether oxygens (including phenoxy) is 1. The fourth-order valence-electron chi connectivity index (χ4n) is 3.29. The third-order valence-corrected chi connectivity index (χ3v) is 4.47. The minimum Gasteiger partial charge on any atom is -0.494 e. The van der Waals surface area contributed by atoms with Gasteiger partial charge in [0.1, 0.15) is 0 Å². The summed E-state index contributed by atoms with van der Waals surface area (Å²) in [7, 11) is 1.45. The fraction of sp³-hybridized carbons (Fsp3) is 0.625. The Labute approximate surface area is 114 Å². The van der Waals surface area contributed by atoms with Gasteiger partial charge in [-0.2, -0.15) is 0 Å². The molecule has 1 N–H and O–H groups in total. The summed E-state index contributed by atoms with van der Waals surface area (Å²) in [6, 6.07) is 4.91. The summed E-state index contributed by atoms with van der Waals surface area (Å²) in [4.78, 5) is 0. The third-order valence-electron chi connectivity index (χ3n) is 4.47. The van der Waals surface area contributed by atoms with Gasteiger partial charge in [0, 0.05) is 0 Å². The zero-order valence-electron chi connectivity index (χ0n) is 11.9. The van der Waals surface area contributed by atoms with Crippen LogP contribution < -0.4 is 4.74 Å². The second kappa shape index (κ2) is 5.49. The van der Waals surface area contributed by atoms with Gasteiger partial charge in [-0.1, -0.05) is 26.3 Å². The Kier molecular flexibility index (Phi) is 4.14. The molecule has 19 heavy (non-hydrogen) atoms. The van der Waals surface area contributed by atoms with Gasteiger partial charge in [-0.25, -0.2) is 4.39 Å². The summed E-state index contributed by atoms with van der Waals surface area (Å²) >= 11 is 0. The molecule has 106 valence electrons.